The van der Waals surface area contributed by atoms with E-state index in [-0.39, 0.29) is 5.69 Å². The van der Waals surface area contributed by atoms with Gasteiger partial charge in [-0.05, 0) is 19.4 Å². The number of fused-ring (bicyclic) bond motifs is 1. The number of aromatic amines is 1. The lowest BCUT2D eigenvalue weighted by molar-refractivity contribution is -0.385. The van der Waals surface area contributed by atoms with Crippen LogP contribution in [0.3, 0.4) is 0 Å². The van der Waals surface area contributed by atoms with Gasteiger partial charge in [-0.3, -0.25) is 14.9 Å². The zero-order valence-corrected chi connectivity index (χ0v) is 14.8. The Morgan fingerprint density at radius 2 is 1.67 bits per heavy atom. The maximum Gasteiger partial charge on any atom is 0.359 e. The van der Waals surface area contributed by atoms with Crippen LogP contribution in [0.15, 0.2) is 59.4 Å². The molecule has 0 saturated heterocycles. The lowest BCUT2D eigenvalue weighted by atomic mass is 10.0. The van der Waals surface area contributed by atoms with Gasteiger partial charge in [0.15, 0.2) is 0 Å². The molecule has 4 rings (SSSR count). The van der Waals surface area contributed by atoms with Crippen LogP contribution < -0.4 is 5.56 Å². The smallest absolute Gasteiger partial charge is 0.333 e. The monoisotopic (exact) mass is 360 g/mol. The lowest BCUT2D eigenvalue weighted by Gasteiger charge is -2.06. The minimum atomic E-state index is -0.755. The summed E-state index contributed by atoms with van der Waals surface area (Å²) in [7, 11) is 0. The fourth-order valence-corrected chi connectivity index (χ4v) is 3.22. The summed E-state index contributed by atoms with van der Waals surface area (Å²) >= 11 is 0. The van der Waals surface area contributed by atoms with Gasteiger partial charge < -0.3 is 4.98 Å². The predicted octanol–water partition coefficient (Wildman–Crippen LogP) is 3.88. The van der Waals surface area contributed by atoms with Crippen LogP contribution in [-0.2, 0) is 0 Å². The Morgan fingerprint density at radius 1 is 1.00 bits per heavy atom. The van der Waals surface area contributed by atoms with Gasteiger partial charge >= 0.3 is 11.2 Å². The van der Waals surface area contributed by atoms with E-state index < -0.39 is 16.2 Å². The summed E-state index contributed by atoms with van der Waals surface area (Å²) in [5.74, 6) is 0. The number of benzene rings is 2. The van der Waals surface area contributed by atoms with Crippen molar-refractivity contribution in [3.05, 3.63) is 86.3 Å². The third-order valence-electron chi connectivity index (χ3n) is 4.52. The number of hydrogen-bond acceptors (Lipinski definition) is 4. The van der Waals surface area contributed by atoms with Crippen LogP contribution >= 0.6 is 0 Å². The normalized spacial score (nSPS) is 11.0. The number of H-pyrrole nitrogens is 1. The highest BCUT2D eigenvalue weighted by molar-refractivity contribution is 5.82. The number of nitro groups is 1. The highest BCUT2D eigenvalue weighted by atomic mass is 16.6. The number of nitrogens with zero attached hydrogens (tertiary/aromatic N) is 3. The van der Waals surface area contributed by atoms with Gasteiger partial charge in [-0.15, -0.1) is 0 Å². The number of rotatable bonds is 3. The van der Waals surface area contributed by atoms with Crippen molar-refractivity contribution >= 4 is 11.3 Å². The van der Waals surface area contributed by atoms with Gasteiger partial charge in [-0.1, -0.05) is 60.2 Å². The van der Waals surface area contributed by atoms with Crippen LogP contribution in [0.4, 0.5) is 5.69 Å². The molecule has 0 aliphatic rings. The maximum atomic E-state index is 12.9. The van der Waals surface area contributed by atoms with Crippen molar-refractivity contribution in [2.24, 2.45) is 0 Å². The molecule has 0 bridgehead atoms. The van der Waals surface area contributed by atoms with E-state index in [2.05, 4.69) is 10.1 Å². The molecular weight excluding hydrogens is 344 g/mol. The van der Waals surface area contributed by atoms with Gasteiger partial charge in [0.05, 0.1) is 10.6 Å². The van der Waals surface area contributed by atoms with Crippen molar-refractivity contribution < 1.29 is 4.92 Å². The fraction of sp³-hybridized carbons (Fsp3) is 0.100. The van der Waals surface area contributed by atoms with Gasteiger partial charge in [0.1, 0.15) is 11.3 Å². The van der Waals surface area contributed by atoms with E-state index >= 15 is 0 Å². The molecule has 134 valence electrons. The molecule has 0 saturated carbocycles. The second kappa shape index (κ2) is 6.21. The van der Waals surface area contributed by atoms with Crippen LogP contribution in [0.5, 0.6) is 0 Å². The quantitative estimate of drug-likeness (QED) is 0.443. The van der Waals surface area contributed by atoms with E-state index in [1.54, 1.807) is 31.2 Å². The number of aromatic nitrogens is 3. The molecule has 2 aromatic carbocycles. The van der Waals surface area contributed by atoms with E-state index in [4.69, 9.17) is 0 Å². The molecule has 0 unspecified atom stereocenters. The van der Waals surface area contributed by atoms with E-state index in [9.17, 15) is 14.9 Å². The third-order valence-corrected chi connectivity index (χ3v) is 4.52. The van der Waals surface area contributed by atoms with E-state index in [1.165, 1.54) is 0 Å². The average molecular weight is 360 g/mol. The van der Waals surface area contributed by atoms with Gasteiger partial charge in [0, 0.05) is 11.1 Å². The molecule has 7 nitrogen and oxygen atoms in total. The summed E-state index contributed by atoms with van der Waals surface area (Å²) in [4.78, 5) is 26.9. The first kappa shape index (κ1) is 16.7. The van der Waals surface area contributed by atoms with Crippen LogP contribution in [0.25, 0.3) is 28.0 Å². The zero-order valence-electron chi connectivity index (χ0n) is 14.8. The van der Waals surface area contributed by atoms with Crippen molar-refractivity contribution in [1.29, 1.82) is 0 Å². The number of aryl methyl sites for hydroxylation is 2. The Kier molecular flexibility index (Phi) is 3.84. The third kappa shape index (κ3) is 2.69. The topological polar surface area (TPSA) is 93.3 Å². The Bertz CT molecular complexity index is 1220. The first-order valence-electron chi connectivity index (χ1n) is 8.40. The van der Waals surface area contributed by atoms with E-state index in [0.29, 0.717) is 16.9 Å². The van der Waals surface area contributed by atoms with E-state index in [1.807, 2.05) is 37.3 Å². The van der Waals surface area contributed by atoms with Crippen LogP contribution in [-0.4, -0.2) is 19.5 Å². The molecule has 0 fully saturated rings. The Labute approximate surface area is 154 Å². The largest absolute Gasteiger partial charge is 0.359 e. The fourth-order valence-electron chi connectivity index (χ4n) is 3.22. The van der Waals surface area contributed by atoms with Crippen LogP contribution in [0.1, 0.15) is 11.3 Å². The molecule has 4 aromatic rings. The Morgan fingerprint density at radius 3 is 2.30 bits per heavy atom. The first-order valence-corrected chi connectivity index (χ1v) is 8.40. The highest BCUT2D eigenvalue weighted by Crippen LogP contribution is 2.31. The summed E-state index contributed by atoms with van der Waals surface area (Å²) < 4.78 is 1.08. The molecular formula is C20H16N4O3. The summed E-state index contributed by atoms with van der Waals surface area (Å²) in [6, 6.07) is 16.6. The number of hydrogen-bond donors (Lipinski definition) is 1. The van der Waals surface area contributed by atoms with Crippen LogP contribution in [0.2, 0.25) is 0 Å². The molecule has 27 heavy (non-hydrogen) atoms. The van der Waals surface area contributed by atoms with Gasteiger partial charge in [0.2, 0.25) is 0 Å². The molecule has 2 aromatic heterocycles. The molecule has 1 N–H and O–H groups in total. The Balaban J connectivity index is 2.11. The lowest BCUT2D eigenvalue weighted by Crippen LogP contribution is -2.20. The first-order chi connectivity index (χ1) is 13.0. The van der Waals surface area contributed by atoms with Gasteiger partial charge in [0.25, 0.3) is 0 Å². The van der Waals surface area contributed by atoms with Crippen molar-refractivity contribution in [2.75, 3.05) is 0 Å². The molecule has 0 radical (unpaired) electrons. The van der Waals surface area contributed by atoms with Crippen LogP contribution in [0, 0.1) is 24.0 Å². The molecule has 0 spiro atoms. The SMILES string of the molecule is Cc1ccc(-c2c(C)nn3c(=O)c([N+](=O)[O-])c(-c4ccccc4)[nH]c23)cc1. The summed E-state index contributed by atoms with van der Waals surface area (Å²) in [6.07, 6.45) is 0. The molecule has 2 heterocycles. The average Bonchev–Trinajstić information content (AvgIpc) is 2.99. The number of nitrogens with one attached hydrogen (secondary N) is 1. The highest BCUT2D eigenvalue weighted by Gasteiger charge is 2.26. The second-order valence-electron chi connectivity index (χ2n) is 6.36. The van der Waals surface area contributed by atoms with Gasteiger partial charge in [-0.25, -0.2) is 0 Å². The minimum absolute atomic E-state index is 0.173. The molecule has 0 amide bonds. The molecule has 7 heteroatoms. The van der Waals surface area contributed by atoms with Crippen molar-refractivity contribution in [3.63, 3.8) is 0 Å². The summed E-state index contributed by atoms with van der Waals surface area (Å²) in [5.41, 5.74) is 3.26. The summed E-state index contributed by atoms with van der Waals surface area (Å²) in [6.45, 7) is 3.77. The van der Waals surface area contributed by atoms with Crippen molar-refractivity contribution in [1.82, 2.24) is 14.6 Å². The standard InChI is InChI=1S/C20H16N4O3/c1-12-8-10-14(11-9-12)16-13(2)22-23-19(16)21-17(15-6-4-3-5-7-15)18(20(23)25)24(26)27/h3-11,21H,1-2H3. The molecule has 0 aliphatic heterocycles. The van der Waals surface area contributed by atoms with Gasteiger partial charge in [-0.2, -0.15) is 9.61 Å². The zero-order chi connectivity index (χ0) is 19.1. The minimum Gasteiger partial charge on any atom is -0.333 e. The van der Waals surface area contributed by atoms with Crippen molar-refractivity contribution in [2.45, 2.75) is 13.8 Å². The van der Waals surface area contributed by atoms with E-state index in [0.717, 1.165) is 21.2 Å². The molecule has 0 aliphatic carbocycles. The maximum absolute atomic E-state index is 12.9. The predicted molar refractivity (Wildman–Crippen MR) is 103 cm³/mol. The van der Waals surface area contributed by atoms with Crippen molar-refractivity contribution in [3.8, 4) is 22.4 Å². The second-order valence-corrected chi connectivity index (χ2v) is 6.36. The Hall–Kier alpha value is -3.74. The summed E-state index contributed by atoms with van der Waals surface area (Å²) in [5, 5.41) is 15.9. The molecule has 0 atom stereocenters.